The molecule has 0 fully saturated rings. The molecule has 0 spiro atoms. The van der Waals surface area contributed by atoms with E-state index in [0.29, 0.717) is 15.6 Å². The van der Waals surface area contributed by atoms with Crippen molar-refractivity contribution < 1.29 is 0 Å². The van der Waals surface area contributed by atoms with Crippen molar-refractivity contribution in [3.8, 4) is 6.07 Å². The molecule has 0 bridgehead atoms. The molecule has 0 saturated carbocycles. The predicted octanol–water partition coefficient (Wildman–Crippen LogP) is 3.33. The molecular weight excluding hydrogens is 254 g/mol. The number of benzene rings is 1. The summed E-state index contributed by atoms with van der Waals surface area (Å²) in [6, 6.07) is 10.8. The quantitative estimate of drug-likeness (QED) is 0.816. The van der Waals surface area contributed by atoms with Crippen LogP contribution in [0.25, 0.3) is 0 Å². The van der Waals surface area contributed by atoms with E-state index in [-0.39, 0.29) is 0 Å². The Morgan fingerprint density at radius 1 is 1.41 bits per heavy atom. The number of hydrogen-bond acceptors (Lipinski definition) is 2. The van der Waals surface area contributed by atoms with E-state index in [4.69, 9.17) is 29.1 Å². The van der Waals surface area contributed by atoms with Crippen LogP contribution in [0, 0.1) is 11.3 Å². The van der Waals surface area contributed by atoms with Crippen LogP contribution in [-0.2, 0) is 0 Å². The third-order valence-corrected chi connectivity index (χ3v) is 2.82. The lowest BCUT2D eigenvalue weighted by atomic mass is 10.2. The first-order chi connectivity index (χ1) is 8.20. The van der Waals surface area contributed by atoms with Gasteiger partial charge in [0.15, 0.2) is 0 Å². The molecule has 5 heteroatoms. The molecule has 0 aliphatic rings. The zero-order valence-electron chi connectivity index (χ0n) is 8.70. The van der Waals surface area contributed by atoms with Crippen molar-refractivity contribution in [2.75, 3.05) is 5.32 Å². The summed E-state index contributed by atoms with van der Waals surface area (Å²) in [6.45, 7) is 0. The van der Waals surface area contributed by atoms with Crippen LogP contribution < -0.4 is 5.32 Å². The maximum atomic E-state index is 8.76. The van der Waals surface area contributed by atoms with E-state index < -0.39 is 0 Å². The molecule has 2 rings (SSSR count). The Morgan fingerprint density at radius 3 is 2.82 bits per heavy atom. The fourth-order valence-corrected chi connectivity index (χ4v) is 1.82. The van der Waals surface area contributed by atoms with Crippen molar-refractivity contribution in [3.05, 3.63) is 52.8 Å². The van der Waals surface area contributed by atoms with Gasteiger partial charge in [0.1, 0.15) is 11.1 Å². The molecule has 0 radical (unpaired) electrons. The molecule has 1 aromatic carbocycles. The predicted molar refractivity (Wildman–Crippen MR) is 72.3 cm³/mol. The van der Waals surface area contributed by atoms with Crippen LogP contribution in [0.1, 0.15) is 11.3 Å². The molecule has 3 nitrogen and oxygen atoms in total. The maximum Gasteiger partial charge on any atom is 0.127 e. The number of nitrogens with one attached hydrogen (secondary N) is 2. The van der Waals surface area contributed by atoms with Gasteiger partial charge >= 0.3 is 0 Å². The largest absolute Gasteiger partial charge is 0.359 e. The molecule has 0 aliphatic carbocycles. The van der Waals surface area contributed by atoms with Crippen molar-refractivity contribution in [3.63, 3.8) is 0 Å². The molecule has 2 aromatic rings. The zero-order chi connectivity index (χ0) is 12.3. The lowest BCUT2D eigenvalue weighted by Crippen LogP contribution is -2.10. The van der Waals surface area contributed by atoms with Crippen LogP contribution in [0.2, 0.25) is 5.02 Å². The number of aromatic nitrogens is 1. The fourth-order valence-electron chi connectivity index (χ4n) is 1.35. The second-order valence-electron chi connectivity index (χ2n) is 3.34. The summed E-state index contributed by atoms with van der Waals surface area (Å²) in [5.74, 6) is 0. The molecule has 1 aromatic heterocycles. The number of thiocarbonyl (C=S) groups is 1. The van der Waals surface area contributed by atoms with Crippen molar-refractivity contribution in [2.24, 2.45) is 0 Å². The van der Waals surface area contributed by atoms with Crippen LogP contribution in [0.5, 0.6) is 0 Å². The Balaban J connectivity index is 2.18. The topological polar surface area (TPSA) is 51.6 Å². The van der Waals surface area contributed by atoms with E-state index in [1.807, 2.05) is 18.2 Å². The number of nitrogens with zero attached hydrogens (tertiary/aromatic N) is 1. The average molecular weight is 262 g/mol. The minimum atomic E-state index is 0.409. The average Bonchev–Trinajstić information content (AvgIpc) is 2.82. The van der Waals surface area contributed by atoms with Gasteiger partial charge in [-0.2, -0.15) is 5.26 Å². The van der Waals surface area contributed by atoms with E-state index in [1.54, 1.807) is 24.4 Å². The van der Waals surface area contributed by atoms with Gasteiger partial charge in [-0.05, 0) is 30.3 Å². The van der Waals surface area contributed by atoms with E-state index in [0.717, 1.165) is 11.4 Å². The number of H-pyrrole nitrogens is 1. The molecule has 2 N–H and O–H groups in total. The third-order valence-electron chi connectivity index (χ3n) is 2.19. The van der Waals surface area contributed by atoms with Gasteiger partial charge in [-0.25, -0.2) is 0 Å². The maximum absolute atomic E-state index is 8.76. The Labute approximate surface area is 109 Å². The van der Waals surface area contributed by atoms with Gasteiger partial charge in [0, 0.05) is 11.9 Å². The van der Waals surface area contributed by atoms with Crippen LogP contribution in [0.15, 0.2) is 36.5 Å². The lowest BCUT2D eigenvalue weighted by Gasteiger charge is -2.07. The zero-order valence-corrected chi connectivity index (χ0v) is 10.3. The van der Waals surface area contributed by atoms with E-state index in [9.17, 15) is 0 Å². The Morgan fingerprint density at radius 2 is 2.24 bits per heavy atom. The summed E-state index contributed by atoms with van der Waals surface area (Å²) in [5, 5.41) is 12.2. The SMILES string of the molecule is N#Cc1ccc(NC(=S)c2ccc[nH]2)cc1Cl. The highest BCUT2D eigenvalue weighted by Gasteiger charge is 2.04. The number of nitriles is 1. The summed E-state index contributed by atoms with van der Waals surface area (Å²) in [6.07, 6.45) is 1.80. The Kier molecular flexibility index (Phi) is 3.43. The second kappa shape index (κ2) is 5.00. The van der Waals surface area contributed by atoms with Crippen LogP contribution >= 0.6 is 23.8 Å². The molecule has 0 atom stereocenters. The number of aromatic amines is 1. The first-order valence-electron chi connectivity index (χ1n) is 4.85. The first kappa shape index (κ1) is 11.6. The monoisotopic (exact) mass is 261 g/mol. The molecule has 0 saturated heterocycles. The molecule has 0 aliphatic heterocycles. The van der Waals surface area contributed by atoms with Gasteiger partial charge in [0.25, 0.3) is 0 Å². The second-order valence-corrected chi connectivity index (χ2v) is 4.16. The molecule has 84 valence electrons. The standard InChI is InChI=1S/C12H8ClN3S/c13-10-6-9(4-3-8(10)7-14)16-12(17)11-2-1-5-15-11/h1-6,15H,(H,16,17). The first-order valence-corrected chi connectivity index (χ1v) is 5.63. The van der Waals surface area contributed by atoms with E-state index >= 15 is 0 Å². The smallest absolute Gasteiger partial charge is 0.127 e. The van der Waals surface area contributed by atoms with Crippen LogP contribution in [0.4, 0.5) is 5.69 Å². The molecule has 17 heavy (non-hydrogen) atoms. The molecule has 1 heterocycles. The minimum absolute atomic E-state index is 0.409. The van der Waals surface area contributed by atoms with Crippen molar-refractivity contribution in [2.45, 2.75) is 0 Å². The summed E-state index contributed by atoms with van der Waals surface area (Å²) in [4.78, 5) is 3.58. The normalized spacial score (nSPS) is 9.65. The molecular formula is C12H8ClN3S. The summed E-state index contributed by atoms with van der Waals surface area (Å²) >= 11 is 11.1. The van der Waals surface area contributed by atoms with Crippen molar-refractivity contribution in [1.82, 2.24) is 4.98 Å². The van der Waals surface area contributed by atoms with Gasteiger partial charge in [-0.1, -0.05) is 23.8 Å². The Hall–Kier alpha value is -1.83. The highest BCUT2D eigenvalue weighted by molar-refractivity contribution is 7.81. The van der Waals surface area contributed by atoms with Crippen molar-refractivity contribution in [1.29, 1.82) is 5.26 Å². The highest BCUT2D eigenvalue weighted by atomic mass is 35.5. The summed E-state index contributed by atoms with van der Waals surface area (Å²) in [5.41, 5.74) is 2.04. The number of anilines is 1. The number of halogens is 1. The molecule has 0 unspecified atom stereocenters. The van der Waals surface area contributed by atoms with Crippen LogP contribution in [0.3, 0.4) is 0 Å². The van der Waals surface area contributed by atoms with Gasteiger partial charge in [-0.15, -0.1) is 0 Å². The summed E-state index contributed by atoms with van der Waals surface area (Å²) < 4.78 is 0. The number of rotatable bonds is 2. The van der Waals surface area contributed by atoms with E-state index in [1.165, 1.54) is 0 Å². The lowest BCUT2D eigenvalue weighted by molar-refractivity contribution is 1.38. The van der Waals surface area contributed by atoms with Gasteiger partial charge < -0.3 is 10.3 Å². The van der Waals surface area contributed by atoms with Crippen LogP contribution in [-0.4, -0.2) is 9.97 Å². The third kappa shape index (κ3) is 2.64. The fraction of sp³-hybridized carbons (Fsp3) is 0. The Bertz CT molecular complexity index is 584. The van der Waals surface area contributed by atoms with Crippen molar-refractivity contribution >= 4 is 34.5 Å². The van der Waals surface area contributed by atoms with Gasteiger partial charge in [0.2, 0.25) is 0 Å². The summed E-state index contributed by atoms with van der Waals surface area (Å²) in [7, 11) is 0. The minimum Gasteiger partial charge on any atom is -0.359 e. The van der Waals surface area contributed by atoms with E-state index in [2.05, 4.69) is 10.3 Å². The van der Waals surface area contributed by atoms with Gasteiger partial charge in [0.05, 0.1) is 16.3 Å². The van der Waals surface area contributed by atoms with Gasteiger partial charge in [-0.3, -0.25) is 0 Å². The highest BCUT2D eigenvalue weighted by Crippen LogP contribution is 2.20. The number of hydrogen-bond donors (Lipinski definition) is 2. The molecule has 0 amide bonds.